The molecule has 0 aromatic heterocycles. The number of para-hydroxylation sites is 1. The highest BCUT2D eigenvalue weighted by atomic mass is 16.5. The lowest BCUT2D eigenvalue weighted by molar-refractivity contribution is -0.137. The number of ketones is 1. The average molecular weight is 565 g/mol. The summed E-state index contributed by atoms with van der Waals surface area (Å²) in [5.41, 5.74) is 4.15. The Morgan fingerprint density at radius 1 is 0.881 bits per heavy atom. The van der Waals surface area contributed by atoms with E-state index in [0.717, 1.165) is 23.2 Å². The van der Waals surface area contributed by atoms with Crippen LogP contribution in [0.15, 0.2) is 103 Å². The predicted octanol–water partition coefficient (Wildman–Crippen LogP) is 6.55. The lowest BCUT2D eigenvalue weighted by Crippen LogP contribution is -2.34. The summed E-state index contributed by atoms with van der Waals surface area (Å²) in [5.74, 6) is -0.516. The fourth-order valence-electron chi connectivity index (χ4n) is 4.69. The number of ether oxygens (including phenoxy) is 1. The van der Waals surface area contributed by atoms with E-state index in [1.54, 1.807) is 65.6 Å². The molecule has 1 unspecified atom stereocenters. The molecule has 4 rings (SSSR count). The van der Waals surface area contributed by atoms with Gasteiger partial charge in [-0.15, -0.1) is 0 Å². The Morgan fingerprint density at radius 2 is 1.60 bits per heavy atom. The normalized spacial score (nSPS) is 11.4. The number of aryl methyl sites for hydroxylation is 1. The third-order valence-electron chi connectivity index (χ3n) is 6.86. The van der Waals surface area contributed by atoms with Gasteiger partial charge in [-0.2, -0.15) is 0 Å². The number of rotatable bonds is 14. The van der Waals surface area contributed by atoms with Crippen molar-refractivity contribution in [2.75, 3.05) is 23.4 Å². The number of carboxylic acid groups (broad SMARTS) is 1. The fraction of sp³-hybridized carbons (Fsp3) is 0.229. The fourth-order valence-corrected chi connectivity index (χ4v) is 4.69. The quantitative estimate of drug-likeness (QED) is 0.169. The molecule has 7 heteroatoms. The first-order valence-corrected chi connectivity index (χ1v) is 14.1. The Bertz CT molecular complexity index is 1500. The second-order valence-corrected chi connectivity index (χ2v) is 10.1. The molecule has 0 saturated carbocycles. The first-order chi connectivity index (χ1) is 20.4. The highest BCUT2D eigenvalue weighted by molar-refractivity contribution is 6.12. The lowest BCUT2D eigenvalue weighted by Gasteiger charge is -2.23. The number of hydrogen-bond acceptors (Lipinski definition) is 5. The molecule has 0 radical (unpaired) electrons. The Labute approximate surface area is 246 Å². The zero-order valence-corrected chi connectivity index (χ0v) is 24.0. The van der Waals surface area contributed by atoms with Crippen molar-refractivity contribution in [1.29, 1.82) is 0 Å². The number of benzene rings is 4. The zero-order chi connectivity index (χ0) is 29.9. The van der Waals surface area contributed by atoms with Crippen LogP contribution in [0.3, 0.4) is 0 Å². The smallest absolute Gasteiger partial charge is 0.326 e. The summed E-state index contributed by atoms with van der Waals surface area (Å²) in [7, 11) is 0. The van der Waals surface area contributed by atoms with E-state index < -0.39 is 12.0 Å². The topological polar surface area (TPSA) is 95.9 Å². The van der Waals surface area contributed by atoms with Gasteiger partial charge in [-0.3, -0.25) is 9.59 Å². The van der Waals surface area contributed by atoms with E-state index in [1.807, 2.05) is 56.3 Å². The van der Waals surface area contributed by atoms with Gasteiger partial charge in [-0.1, -0.05) is 73.7 Å². The van der Waals surface area contributed by atoms with Gasteiger partial charge >= 0.3 is 5.97 Å². The first-order valence-electron chi connectivity index (χ1n) is 14.1. The molecule has 42 heavy (non-hydrogen) atoms. The zero-order valence-electron chi connectivity index (χ0n) is 24.0. The predicted molar refractivity (Wildman–Crippen MR) is 165 cm³/mol. The molecule has 0 saturated heterocycles. The van der Waals surface area contributed by atoms with Gasteiger partial charge in [-0.05, 0) is 60.9 Å². The van der Waals surface area contributed by atoms with Crippen molar-refractivity contribution in [3.05, 3.63) is 125 Å². The number of amides is 1. The number of carbonyl (C=O) groups is 3. The van der Waals surface area contributed by atoms with Crippen LogP contribution in [-0.2, 0) is 16.0 Å². The van der Waals surface area contributed by atoms with Gasteiger partial charge in [0.15, 0.2) is 5.78 Å². The second-order valence-electron chi connectivity index (χ2n) is 10.1. The highest BCUT2D eigenvalue weighted by Gasteiger charge is 2.21. The van der Waals surface area contributed by atoms with Crippen LogP contribution in [0.25, 0.3) is 0 Å². The lowest BCUT2D eigenvalue weighted by atomic mass is 10.00. The van der Waals surface area contributed by atoms with Crippen LogP contribution < -0.4 is 15.0 Å². The van der Waals surface area contributed by atoms with Crippen molar-refractivity contribution in [3.63, 3.8) is 0 Å². The van der Waals surface area contributed by atoms with Crippen molar-refractivity contribution in [1.82, 2.24) is 0 Å². The minimum absolute atomic E-state index is 0.0568. The van der Waals surface area contributed by atoms with Crippen molar-refractivity contribution >= 4 is 29.0 Å². The molecule has 1 amide bonds. The molecular formula is C35H36N2O5. The number of carbonyl (C=O) groups excluding carboxylic acids is 2. The molecule has 0 spiro atoms. The Kier molecular flexibility index (Phi) is 10.5. The first kappa shape index (κ1) is 30.1. The standard InChI is InChI=1S/C35H36N2O5/c1-3-10-33(38)37(28-14-9-11-25(2)23-28)21-22-42-29-19-17-26(18-20-29)24-32(35(40)41)36-31-16-8-7-15-30(31)34(39)27-12-5-4-6-13-27/h4-9,11-20,23,32,36H,3,10,21-22,24H2,1-2H3,(H,40,41). The summed E-state index contributed by atoms with van der Waals surface area (Å²) in [5, 5.41) is 13.0. The molecule has 2 N–H and O–H groups in total. The molecule has 4 aromatic carbocycles. The van der Waals surface area contributed by atoms with E-state index in [9.17, 15) is 19.5 Å². The molecule has 0 aliphatic carbocycles. The second kappa shape index (κ2) is 14.6. The maximum Gasteiger partial charge on any atom is 0.326 e. The van der Waals surface area contributed by atoms with Gasteiger partial charge in [0.1, 0.15) is 18.4 Å². The van der Waals surface area contributed by atoms with Crippen LogP contribution in [0.5, 0.6) is 5.75 Å². The Hall–Kier alpha value is -4.91. The van der Waals surface area contributed by atoms with E-state index in [4.69, 9.17) is 4.74 Å². The Balaban J connectivity index is 1.39. The molecule has 4 aromatic rings. The van der Waals surface area contributed by atoms with Crippen molar-refractivity contribution in [3.8, 4) is 5.75 Å². The molecule has 0 aliphatic rings. The van der Waals surface area contributed by atoms with Gasteiger partial charge in [0.05, 0.1) is 6.54 Å². The highest BCUT2D eigenvalue weighted by Crippen LogP contribution is 2.22. The summed E-state index contributed by atoms with van der Waals surface area (Å²) in [6.07, 6.45) is 1.44. The SMILES string of the molecule is CCCC(=O)N(CCOc1ccc(CC(Nc2ccccc2C(=O)c2ccccc2)C(=O)O)cc1)c1cccc(C)c1. The van der Waals surface area contributed by atoms with Crippen LogP contribution >= 0.6 is 0 Å². The molecule has 1 atom stereocenters. The summed E-state index contributed by atoms with van der Waals surface area (Å²) in [4.78, 5) is 39.8. The number of nitrogens with zero attached hydrogens (tertiary/aromatic N) is 1. The van der Waals surface area contributed by atoms with Gasteiger partial charge in [0, 0.05) is 35.3 Å². The van der Waals surface area contributed by atoms with E-state index in [2.05, 4.69) is 5.32 Å². The van der Waals surface area contributed by atoms with Gasteiger partial charge in [0.2, 0.25) is 5.91 Å². The molecule has 7 nitrogen and oxygen atoms in total. The van der Waals surface area contributed by atoms with E-state index in [-0.39, 0.29) is 18.1 Å². The van der Waals surface area contributed by atoms with Crippen molar-refractivity contribution in [2.24, 2.45) is 0 Å². The summed E-state index contributed by atoms with van der Waals surface area (Å²) < 4.78 is 5.94. The molecule has 0 heterocycles. The van der Waals surface area contributed by atoms with E-state index in [0.29, 0.717) is 42.1 Å². The summed E-state index contributed by atoms with van der Waals surface area (Å²) in [6.45, 7) is 4.71. The number of nitrogens with one attached hydrogen (secondary N) is 1. The van der Waals surface area contributed by atoms with Gasteiger partial charge in [-0.25, -0.2) is 4.79 Å². The molecule has 0 bridgehead atoms. The minimum Gasteiger partial charge on any atom is -0.492 e. The monoisotopic (exact) mass is 564 g/mol. The number of aliphatic carboxylic acids is 1. The van der Waals surface area contributed by atoms with Gasteiger partial charge in [0.25, 0.3) is 0 Å². The number of carboxylic acids is 1. The third kappa shape index (κ3) is 8.07. The number of hydrogen-bond donors (Lipinski definition) is 2. The Morgan fingerprint density at radius 3 is 2.29 bits per heavy atom. The molecule has 0 aliphatic heterocycles. The molecule has 216 valence electrons. The minimum atomic E-state index is -1.02. The van der Waals surface area contributed by atoms with Crippen LogP contribution in [0.2, 0.25) is 0 Å². The van der Waals surface area contributed by atoms with Crippen LogP contribution in [-0.4, -0.2) is 42.0 Å². The number of anilines is 2. The largest absolute Gasteiger partial charge is 0.492 e. The van der Waals surface area contributed by atoms with Crippen LogP contribution in [0.4, 0.5) is 11.4 Å². The maximum atomic E-state index is 13.1. The van der Waals surface area contributed by atoms with Crippen molar-refractivity contribution < 1.29 is 24.2 Å². The molecular weight excluding hydrogens is 528 g/mol. The average Bonchev–Trinajstić information content (AvgIpc) is 3.00. The third-order valence-corrected chi connectivity index (χ3v) is 6.86. The summed E-state index contributed by atoms with van der Waals surface area (Å²) in [6, 6.07) is 30.0. The summed E-state index contributed by atoms with van der Waals surface area (Å²) >= 11 is 0. The van der Waals surface area contributed by atoms with Crippen molar-refractivity contribution in [2.45, 2.75) is 39.2 Å². The van der Waals surface area contributed by atoms with Gasteiger partial charge < -0.3 is 20.1 Å². The van der Waals surface area contributed by atoms with E-state index in [1.165, 1.54) is 0 Å². The van der Waals surface area contributed by atoms with E-state index >= 15 is 0 Å². The maximum absolute atomic E-state index is 13.1. The van der Waals surface area contributed by atoms with Crippen LogP contribution in [0, 0.1) is 6.92 Å². The van der Waals surface area contributed by atoms with Crippen LogP contribution in [0.1, 0.15) is 46.8 Å². The molecule has 0 fully saturated rings.